The molecule has 1 aromatic carbocycles. The van der Waals surface area contributed by atoms with E-state index in [0.717, 1.165) is 30.6 Å². The monoisotopic (exact) mass is 338 g/mol. The molecule has 1 aliphatic rings. The fraction of sp³-hybridized carbons (Fsp3) is 0.667. The summed E-state index contributed by atoms with van der Waals surface area (Å²) >= 11 is 0. The van der Waals surface area contributed by atoms with E-state index in [1.54, 1.807) is 0 Å². The first-order chi connectivity index (χ1) is 11.0. The van der Waals surface area contributed by atoms with Crippen LogP contribution in [0.2, 0.25) is 0 Å². The van der Waals surface area contributed by atoms with Crippen LogP contribution in [0.5, 0.6) is 0 Å². The molecular formula is C18H30N2O2S. The third kappa shape index (κ3) is 6.24. The van der Waals surface area contributed by atoms with Gasteiger partial charge >= 0.3 is 0 Å². The molecule has 1 heterocycles. The zero-order chi connectivity index (χ0) is 16.7. The lowest BCUT2D eigenvalue weighted by molar-refractivity contribution is 0.143. The normalized spacial score (nSPS) is 19.8. The van der Waals surface area contributed by atoms with Gasteiger partial charge in [-0.3, -0.25) is 0 Å². The largest absolute Gasteiger partial charge is 0.300 e. The minimum absolute atomic E-state index is 0.0641. The second kappa shape index (κ2) is 8.81. The number of nitrogens with one attached hydrogen (secondary N) is 1. The summed E-state index contributed by atoms with van der Waals surface area (Å²) in [6.45, 7) is 6.93. The van der Waals surface area contributed by atoms with Gasteiger partial charge in [0, 0.05) is 12.6 Å². The molecule has 1 fully saturated rings. The molecule has 1 atom stereocenters. The van der Waals surface area contributed by atoms with E-state index in [0.29, 0.717) is 12.6 Å². The second-order valence-electron chi connectivity index (χ2n) is 6.59. The van der Waals surface area contributed by atoms with Gasteiger partial charge in [-0.15, -0.1) is 0 Å². The average molecular weight is 339 g/mol. The number of aryl methyl sites for hydroxylation is 1. The van der Waals surface area contributed by atoms with Gasteiger partial charge in [-0.1, -0.05) is 43.2 Å². The molecule has 0 spiro atoms. The Morgan fingerprint density at radius 3 is 2.65 bits per heavy atom. The van der Waals surface area contributed by atoms with E-state index in [9.17, 15) is 8.42 Å². The summed E-state index contributed by atoms with van der Waals surface area (Å²) < 4.78 is 27.0. The molecular weight excluding hydrogens is 308 g/mol. The Labute approximate surface area is 141 Å². The van der Waals surface area contributed by atoms with Gasteiger partial charge in [0.2, 0.25) is 10.0 Å². The number of piperidine rings is 1. The summed E-state index contributed by atoms with van der Waals surface area (Å²) in [4.78, 5) is 2.53. The van der Waals surface area contributed by atoms with Crippen molar-refractivity contribution >= 4 is 10.0 Å². The number of nitrogens with zero attached hydrogens (tertiary/aromatic N) is 1. The molecule has 0 radical (unpaired) electrons. The highest BCUT2D eigenvalue weighted by atomic mass is 32.2. The molecule has 2 rings (SSSR count). The Bertz CT molecular complexity index is 569. The fourth-order valence-electron chi connectivity index (χ4n) is 3.28. The van der Waals surface area contributed by atoms with Gasteiger partial charge in [-0.05, 0) is 51.3 Å². The van der Waals surface area contributed by atoms with Crippen LogP contribution in [0.15, 0.2) is 24.3 Å². The van der Waals surface area contributed by atoms with E-state index in [2.05, 4.69) is 16.5 Å². The highest BCUT2D eigenvalue weighted by Gasteiger charge is 2.20. The predicted molar refractivity (Wildman–Crippen MR) is 95.9 cm³/mol. The van der Waals surface area contributed by atoms with Crippen LogP contribution in [-0.4, -0.2) is 39.0 Å². The molecule has 1 aromatic rings. The maximum atomic E-state index is 12.1. The standard InChI is InChI=1S/C18H30N2O2S/c1-3-18-7-4-5-13-20(18)14-6-12-19-23(21,22)15-17-10-8-16(2)9-11-17/h8-11,18-19H,3-7,12-15H2,1-2H3/t18-/m0/s1. The second-order valence-corrected chi connectivity index (χ2v) is 8.39. The van der Waals surface area contributed by atoms with Crippen LogP contribution in [0.3, 0.4) is 0 Å². The summed E-state index contributed by atoms with van der Waals surface area (Å²) in [6, 6.07) is 8.36. The Kier molecular flexibility index (Phi) is 7.06. The van der Waals surface area contributed by atoms with Crippen molar-refractivity contribution in [3.8, 4) is 0 Å². The molecule has 0 aromatic heterocycles. The molecule has 23 heavy (non-hydrogen) atoms. The summed E-state index contributed by atoms with van der Waals surface area (Å²) in [6.07, 6.45) is 5.96. The SMILES string of the molecule is CC[C@H]1CCCCN1CCCNS(=O)(=O)Cc1ccc(C)cc1. The van der Waals surface area contributed by atoms with Crippen LogP contribution in [-0.2, 0) is 15.8 Å². The minimum Gasteiger partial charge on any atom is -0.300 e. The first-order valence-electron chi connectivity index (χ1n) is 8.77. The molecule has 5 heteroatoms. The average Bonchev–Trinajstić information content (AvgIpc) is 2.54. The molecule has 1 N–H and O–H groups in total. The van der Waals surface area contributed by atoms with Crippen molar-refractivity contribution in [2.75, 3.05) is 19.6 Å². The molecule has 0 aliphatic carbocycles. The van der Waals surface area contributed by atoms with E-state index in [1.165, 1.54) is 25.7 Å². The van der Waals surface area contributed by atoms with Crippen LogP contribution in [0.4, 0.5) is 0 Å². The number of hydrogen-bond acceptors (Lipinski definition) is 3. The summed E-state index contributed by atoms with van der Waals surface area (Å²) in [5.74, 6) is 0.0641. The van der Waals surface area contributed by atoms with Crippen molar-refractivity contribution in [3.63, 3.8) is 0 Å². The van der Waals surface area contributed by atoms with Crippen molar-refractivity contribution in [2.24, 2.45) is 0 Å². The lowest BCUT2D eigenvalue weighted by Crippen LogP contribution is -2.40. The zero-order valence-corrected chi connectivity index (χ0v) is 15.2. The first kappa shape index (κ1) is 18.4. The highest BCUT2D eigenvalue weighted by molar-refractivity contribution is 7.88. The molecule has 0 unspecified atom stereocenters. The third-order valence-electron chi connectivity index (χ3n) is 4.64. The number of sulfonamides is 1. The lowest BCUT2D eigenvalue weighted by atomic mass is 10.00. The van der Waals surface area contributed by atoms with Gasteiger partial charge in [0.05, 0.1) is 5.75 Å². The number of rotatable bonds is 8. The van der Waals surface area contributed by atoms with E-state index in [-0.39, 0.29) is 5.75 Å². The van der Waals surface area contributed by atoms with Gasteiger partial charge in [0.25, 0.3) is 0 Å². The molecule has 4 nitrogen and oxygen atoms in total. The molecule has 0 amide bonds. The lowest BCUT2D eigenvalue weighted by Gasteiger charge is -2.35. The van der Waals surface area contributed by atoms with Gasteiger partial charge in [0.1, 0.15) is 0 Å². The highest BCUT2D eigenvalue weighted by Crippen LogP contribution is 2.19. The molecule has 1 aliphatic heterocycles. The van der Waals surface area contributed by atoms with E-state index in [4.69, 9.17) is 0 Å². The summed E-state index contributed by atoms with van der Waals surface area (Å²) in [5, 5.41) is 0. The van der Waals surface area contributed by atoms with Crippen LogP contribution >= 0.6 is 0 Å². The van der Waals surface area contributed by atoms with Crippen LogP contribution < -0.4 is 4.72 Å². The van der Waals surface area contributed by atoms with E-state index < -0.39 is 10.0 Å². The Hall–Kier alpha value is -0.910. The van der Waals surface area contributed by atoms with Crippen LogP contribution in [0.25, 0.3) is 0 Å². The third-order valence-corrected chi connectivity index (χ3v) is 6.00. The minimum atomic E-state index is -3.24. The quantitative estimate of drug-likeness (QED) is 0.741. The number of likely N-dealkylation sites (tertiary alicyclic amines) is 1. The van der Waals surface area contributed by atoms with Crippen LogP contribution in [0.1, 0.15) is 50.2 Å². The topological polar surface area (TPSA) is 49.4 Å². The molecule has 0 bridgehead atoms. The Balaban J connectivity index is 1.73. The smallest absolute Gasteiger partial charge is 0.215 e. The van der Waals surface area contributed by atoms with Crippen molar-refractivity contribution in [3.05, 3.63) is 35.4 Å². The van der Waals surface area contributed by atoms with Crippen molar-refractivity contribution in [2.45, 2.75) is 57.7 Å². The van der Waals surface area contributed by atoms with Gasteiger partial charge in [-0.25, -0.2) is 13.1 Å². The fourth-order valence-corrected chi connectivity index (χ4v) is 4.47. The van der Waals surface area contributed by atoms with Crippen molar-refractivity contribution in [1.82, 2.24) is 9.62 Å². The first-order valence-corrected chi connectivity index (χ1v) is 10.4. The molecule has 130 valence electrons. The van der Waals surface area contributed by atoms with Gasteiger partial charge in [0.15, 0.2) is 0 Å². The summed E-state index contributed by atoms with van der Waals surface area (Å²) in [7, 11) is -3.24. The Morgan fingerprint density at radius 1 is 1.22 bits per heavy atom. The van der Waals surface area contributed by atoms with E-state index in [1.807, 2.05) is 31.2 Å². The van der Waals surface area contributed by atoms with Gasteiger partial charge < -0.3 is 4.90 Å². The maximum Gasteiger partial charge on any atom is 0.215 e. The zero-order valence-electron chi connectivity index (χ0n) is 14.4. The Morgan fingerprint density at radius 2 is 1.96 bits per heavy atom. The summed E-state index contributed by atoms with van der Waals surface area (Å²) in [5.41, 5.74) is 1.98. The maximum absolute atomic E-state index is 12.1. The van der Waals surface area contributed by atoms with Crippen molar-refractivity contribution in [1.29, 1.82) is 0 Å². The van der Waals surface area contributed by atoms with E-state index >= 15 is 0 Å². The number of benzene rings is 1. The number of hydrogen-bond donors (Lipinski definition) is 1. The van der Waals surface area contributed by atoms with Crippen molar-refractivity contribution < 1.29 is 8.42 Å². The molecule has 1 saturated heterocycles. The molecule has 0 saturated carbocycles. The van der Waals surface area contributed by atoms with Gasteiger partial charge in [-0.2, -0.15) is 0 Å². The predicted octanol–water partition coefficient (Wildman–Crippen LogP) is 3.07. The van der Waals surface area contributed by atoms with Crippen LogP contribution in [0, 0.1) is 6.92 Å².